The maximum Gasteiger partial charge on any atom is 0.133 e. The highest BCUT2D eigenvalue weighted by Gasteiger charge is 1.93. The van der Waals surface area contributed by atoms with E-state index in [0.717, 1.165) is 11.1 Å². The second-order valence-electron chi connectivity index (χ2n) is 4.26. The summed E-state index contributed by atoms with van der Waals surface area (Å²) in [5.74, 6) is -0.162. The standard InChI is InChI=1S/C9H8O.C7H7F.C2H6/c1-7-2-3-9-8(6-7)4-5-10-9;1-6-3-2-4-7(8)5-6;1-2/h2-6H,1H3;2-5H,1H3;1-2H3. The predicted molar refractivity (Wildman–Crippen MR) is 83.4 cm³/mol. The summed E-state index contributed by atoms with van der Waals surface area (Å²) in [7, 11) is 0. The minimum absolute atomic E-state index is 0.162. The van der Waals surface area contributed by atoms with E-state index in [9.17, 15) is 4.39 Å². The van der Waals surface area contributed by atoms with Crippen LogP contribution in [0.4, 0.5) is 4.39 Å². The van der Waals surface area contributed by atoms with E-state index in [1.807, 2.05) is 45.0 Å². The van der Waals surface area contributed by atoms with Crippen molar-refractivity contribution in [1.82, 2.24) is 0 Å². The largest absolute Gasteiger partial charge is 0.464 e. The topological polar surface area (TPSA) is 13.1 Å². The first-order chi connectivity index (χ1) is 9.65. The minimum Gasteiger partial charge on any atom is -0.464 e. The molecule has 0 saturated heterocycles. The summed E-state index contributed by atoms with van der Waals surface area (Å²) >= 11 is 0. The van der Waals surface area contributed by atoms with E-state index in [1.165, 1.54) is 23.1 Å². The Morgan fingerprint density at radius 1 is 0.850 bits per heavy atom. The Morgan fingerprint density at radius 2 is 1.55 bits per heavy atom. The number of fused-ring (bicyclic) bond motifs is 1. The molecular weight excluding hydrogens is 251 g/mol. The molecular formula is C18H21FO. The molecule has 0 N–H and O–H groups in total. The molecule has 0 fully saturated rings. The first-order valence-electron chi connectivity index (χ1n) is 6.81. The van der Waals surface area contributed by atoms with E-state index in [-0.39, 0.29) is 5.82 Å². The van der Waals surface area contributed by atoms with Crippen molar-refractivity contribution in [2.75, 3.05) is 0 Å². The van der Waals surface area contributed by atoms with Gasteiger partial charge in [-0.1, -0.05) is 37.6 Å². The van der Waals surface area contributed by atoms with Crippen molar-refractivity contribution in [1.29, 1.82) is 0 Å². The van der Waals surface area contributed by atoms with Crippen molar-refractivity contribution >= 4 is 11.0 Å². The quantitative estimate of drug-likeness (QED) is 0.496. The van der Waals surface area contributed by atoms with Crippen LogP contribution >= 0.6 is 0 Å². The number of benzene rings is 2. The summed E-state index contributed by atoms with van der Waals surface area (Å²) in [4.78, 5) is 0. The lowest BCUT2D eigenvalue weighted by molar-refractivity contribution is 0.616. The van der Waals surface area contributed by atoms with Crippen LogP contribution < -0.4 is 0 Å². The number of furan rings is 1. The molecule has 0 aliphatic rings. The van der Waals surface area contributed by atoms with Gasteiger partial charge < -0.3 is 4.42 Å². The highest BCUT2D eigenvalue weighted by molar-refractivity contribution is 5.77. The third-order valence-electron chi connectivity index (χ3n) is 2.59. The van der Waals surface area contributed by atoms with Gasteiger partial charge in [0.25, 0.3) is 0 Å². The van der Waals surface area contributed by atoms with E-state index in [4.69, 9.17) is 4.42 Å². The van der Waals surface area contributed by atoms with Crippen molar-refractivity contribution < 1.29 is 8.81 Å². The Labute approximate surface area is 120 Å². The maximum atomic E-state index is 12.2. The van der Waals surface area contributed by atoms with Crippen LogP contribution in [0.15, 0.2) is 59.2 Å². The number of hydrogen-bond donors (Lipinski definition) is 0. The first-order valence-corrected chi connectivity index (χ1v) is 6.81. The third kappa shape index (κ3) is 4.88. The van der Waals surface area contributed by atoms with Gasteiger partial charge in [-0.2, -0.15) is 0 Å². The average molecular weight is 272 g/mol. The molecule has 3 rings (SSSR count). The van der Waals surface area contributed by atoms with Crippen LogP contribution in [0.25, 0.3) is 11.0 Å². The molecule has 2 heteroatoms. The molecule has 0 saturated carbocycles. The second-order valence-corrected chi connectivity index (χ2v) is 4.26. The lowest BCUT2D eigenvalue weighted by atomic mass is 10.2. The summed E-state index contributed by atoms with van der Waals surface area (Å²) in [5, 5.41) is 1.18. The Bertz CT molecular complexity index is 623. The van der Waals surface area contributed by atoms with Crippen molar-refractivity contribution in [3.8, 4) is 0 Å². The van der Waals surface area contributed by atoms with Crippen molar-refractivity contribution in [3.63, 3.8) is 0 Å². The molecule has 0 unspecified atom stereocenters. The Balaban J connectivity index is 0.000000182. The van der Waals surface area contributed by atoms with Crippen LogP contribution in [0.1, 0.15) is 25.0 Å². The highest BCUT2D eigenvalue weighted by Crippen LogP contribution is 2.15. The normalized spacial score (nSPS) is 9.25. The molecule has 0 bridgehead atoms. The van der Waals surface area contributed by atoms with Crippen molar-refractivity contribution in [2.45, 2.75) is 27.7 Å². The minimum atomic E-state index is -0.162. The number of rotatable bonds is 0. The number of hydrogen-bond acceptors (Lipinski definition) is 1. The van der Waals surface area contributed by atoms with E-state index in [2.05, 4.69) is 13.0 Å². The Hall–Kier alpha value is -2.09. The fourth-order valence-corrected chi connectivity index (χ4v) is 1.69. The highest BCUT2D eigenvalue weighted by atomic mass is 19.1. The Morgan fingerprint density at radius 3 is 2.15 bits per heavy atom. The first kappa shape index (κ1) is 16.0. The summed E-state index contributed by atoms with van der Waals surface area (Å²) in [6.07, 6.45) is 1.71. The van der Waals surface area contributed by atoms with Gasteiger partial charge in [0.1, 0.15) is 11.4 Å². The van der Waals surface area contributed by atoms with Gasteiger partial charge in [-0.3, -0.25) is 0 Å². The molecule has 3 aromatic rings. The molecule has 106 valence electrons. The van der Waals surface area contributed by atoms with Crippen LogP contribution in [-0.2, 0) is 0 Å². The summed E-state index contributed by atoms with van der Waals surface area (Å²) in [6, 6.07) is 14.6. The fraction of sp³-hybridized carbons (Fsp3) is 0.222. The lowest BCUT2D eigenvalue weighted by Gasteiger charge is -1.89. The fourth-order valence-electron chi connectivity index (χ4n) is 1.69. The van der Waals surface area contributed by atoms with Crippen LogP contribution in [0, 0.1) is 19.7 Å². The maximum absolute atomic E-state index is 12.2. The van der Waals surface area contributed by atoms with Gasteiger partial charge in [0.2, 0.25) is 0 Å². The zero-order valence-corrected chi connectivity index (χ0v) is 12.5. The molecule has 0 atom stereocenters. The zero-order valence-electron chi connectivity index (χ0n) is 12.5. The molecule has 2 aromatic carbocycles. The average Bonchev–Trinajstić information content (AvgIpc) is 2.89. The molecule has 0 radical (unpaired) electrons. The van der Waals surface area contributed by atoms with E-state index in [0.29, 0.717) is 0 Å². The monoisotopic (exact) mass is 272 g/mol. The van der Waals surface area contributed by atoms with E-state index < -0.39 is 0 Å². The molecule has 1 nitrogen and oxygen atoms in total. The van der Waals surface area contributed by atoms with Crippen molar-refractivity contribution in [3.05, 3.63) is 71.7 Å². The van der Waals surface area contributed by atoms with Gasteiger partial charge in [-0.05, 0) is 49.7 Å². The summed E-state index contributed by atoms with van der Waals surface area (Å²) < 4.78 is 17.3. The van der Waals surface area contributed by atoms with Crippen LogP contribution in [0.3, 0.4) is 0 Å². The van der Waals surface area contributed by atoms with E-state index >= 15 is 0 Å². The van der Waals surface area contributed by atoms with Gasteiger partial charge in [0.15, 0.2) is 0 Å². The van der Waals surface area contributed by atoms with Crippen LogP contribution in [-0.4, -0.2) is 0 Å². The summed E-state index contributed by atoms with van der Waals surface area (Å²) in [6.45, 7) is 7.94. The molecule has 20 heavy (non-hydrogen) atoms. The number of aryl methyl sites for hydroxylation is 2. The van der Waals surface area contributed by atoms with Crippen LogP contribution in [0.5, 0.6) is 0 Å². The van der Waals surface area contributed by atoms with Gasteiger partial charge in [0.05, 0.1) is 6.26 Å². The van der Waals surface area contributed by atoms with Crippen LogP contribution in [0.2, 0.25) is 0 Å². The number of halogens is 1. The van der Waals surface area contributed by atoms with Gasteiger partial charge >= 0.3 is 0 Å². The SMILES string of the molecule is CC.Cc1ccc2occc2c1.Cc1cccc(F)c1. The van der Waals surface area contributed by atoms with Gasteiger partial charge in [-0.25, -0.2) is 4.39 Å². The molecule has 0 amide bonds. The smallest absolute Gasteiger partial charge is 0.133 e. The van der Waals surface area contributed by atoms with E-state index in [1.54, 1.807) is 12.3 Å². The zero-order chi connectivity index (χ0) is 15.0. The Kier molecular flexibility index (Phi) is 6.51. The molecule has 0 aliphatic carbocycles. The lowest BCUT2D eigenvalue weighted by Crippen LogP contribution is -1.72. The molecule has 1 aromatic heterocycles. The second kappa shape index (κ2) is 8.16. The summed E-state index contributed by atoms with van der Waals surface area (Å²) in [5.41, 5.74) is 3.20. The van der Waals surface area contributed by atoms with Gasteiger partial charge in [0, 0.05) is 5.39 Å². The molecule has 1 heterocycles. The van der Waals surface area contributed by atoms with Crippen molar-refractivity contribution in [2.24, 2.45) is 0 Å². The predicted octanol–water partition coefficient (Wildman–Crippen LogP) is 5.90. The molecule has 0 aliphatic heterocycles. The molecule has 0 spiro atoms. The third-order valence-corrected chi connectivity index (χ3v) is 2.59. The van der Waals surface area contributed by atoms with Gasteiger partial charge in [-0.15, -0.1) is 0 Å².